The number of aliphatic hydroxyl groups excluding tert-OH is 2. The van der Waals surface area contributed by atoms with Crippen molar-refractivity contribution in [2.24, 2.45) is 0 Å². The van der Waals surface area contributed by atoms with Gasteiger partial charge in [-0.25, -0.2) is 26.8 Å². The van der Waals surface area contributed by atoms with Crippen molar-refractivity contribution in [3.05, 3.63) is 107 Å². The number of amides is 2. The summed E-state index contributed by atoms with van der Waals surface area (Å²) in [5, 5.41) is 26.0. The van der Waals surface area contributed by atoms with Crippen molar-refractivity contribution in [2.75, 3.05) is 24.7 Å². The van der Waals surface area contributed by atoms with E-state index in [1.165, 1.54) is 55.9 Å². The van der Waals surface area contributed by atoms with E-state index in [1.54, 1.807) is 48.7 Å². The maximum atomic E-state index is 12.5. The van der Waals surface area contributed by atoms with Crippen molar-refractivity contribution in [1.29, 1.82) is 0 Å². The fourth-order valence-corrected chi connectivity index (χ4v) is 8.00. The zero-order valence-electron chi connectivity index (χ0n) is 24.4. The Morgan fingerprint density at radius 1 is 0.717 bits per heavy atom. The normalized spacial score (nSPS) is 16.1. The quantitative estimate of drug-likeness (QED) is 0.247. The van der Waals surface area contributed by atoms with Crippen molar-refractivity contribution in [3.8, 4) is 0 Å². The molecule has 2 aromatic heterocycles. The smallest absolute Gasteiger partial charge is 0.278 e. The van der Waals surface area contributed by atoms with Crippen molar-refractivity contribution in [1.82, 2.24) is 18.6 Å². The molecular formula is C29H26N6O8S3. The van der Waals surface area contributed by atoms with Gasteiger partial charge in [0, 0.05) is 42.5 Å². The number of thiazole rings is 1. The Balaban J connectivity index is 0.000000181. The highest BCUT2D eigenvalue weighted by Gasteiger charge is 2.39. The van der Waals surface area contributed by atoms with Gasteiger partial charge in [0.05, 0.1) is 9.79 Å². The average Bonchev–Trinajstić information content (AvgIpc) is 3.44. The predicted octanol–water partition coefficient (Wildman–Crippen LogP) is 3.53. The minimum absolute atomic E-state index is 0.0401. The topological polar surface area (TPSA) is 199 Å². The first-order chi connectivity index (χ1) is 21.7. The molecule has 0 saturated heterocycles. The van der Waals surface area contributed by atoms with Crippen LogP contribution in [-0.4, -0.2) is 71.5 Å². The molecule has 0 fully saturated rings. The Kier molecular flexibility index (Phi) is 8.57. The maximum absolute atomic E-state index is 12.5. The Hall–Kier alpha value is -5.26. The zero-order valence-corrected chi connectivity index (χ0v) is 26.8. The van der Waals surface area contributed by atoms with Crippen molar-refractivity contribution in [2.45, 2.75) is 16.7 Å². The van der Waals surface area contributed by atoms with Gasteiger partial charge < -0.3 is 15.5 Å². The monoisotopic (exact) mass is 682 g/mol. The van der Waals surface area contributed by atoms with E-state index in [1.807, 2.05) is 6.92 Å². The summed E-state index contributed by atoms with van der Waals surface area (Å²) in [6, 6.07) is 16.9. The van der Waals surface area contributed by atoms with Gasteiger partial charge in [-0.2, -0.15) is 0 Å². The van der Waals surface area contributed by atoms with Crippen LogP contribution in [0.3, 0.4) is 0 Å². The molecular weight excluding hydrogens is 657 g/mol. The van der Waals surface area contributed by atoms with Crippen LogP contribution in [0.25, 0.3) is 11.5 Å². The van der Waals surface area contributed by atoms with Crippen LogP contribution in [0.4, 0.5) is 10.9 Å². The fourth-order valence-electron chi connectivity index (χ4n) is 4.55. The molecule has 0 spiro atoms. The van der Waals surface area contributed by atoms with Crippen LogP contribution in [0.2, 0.25) is 0 Å². The van der Waals surface area contributed by atoms with Crippen molar-refractivity contribution in [3.63, 3.8) is 0 Å². The van der Waals surface area contributed by atoms with Crippen LogP contribution >= 0.6 is 11.3 Å². The average molecular weight is 683 g/mol. The standard InChI is InChI=1S/C15H13N3O4S.C14H13N3O4S2/c1-18-13(15(20)17-12-8-4-5-9-16-12)14(19)10-6-2-3-7-11(10)23(18,21)22;1-8-7-15-14(22-8)16-13(19)11-12(18)9-5-3-4-6-10(9)23(20,21)17(11)2/h2-9,19H,1H3,(H,16,17,20);3-7,18H,1-2H3,(H,15,16,19). The van der Waals surface area contributed by atoms with Crippen molar-refractivity contribution >= 4 is 65.7 Å². The lowest BCUT2D eigenvalue weighted by Gasteiger charge is -2.28. The number of nitrogens with zero attached hydrogens (tertiary/aromatic N) is 4. The number of rotatable bonds is 4. The third-order valence-corrected chi connectivity index (χ3v) is 11.3. The zero-order chi connectivity index (χ0) is 33.4. The van der Waals surface area contributed by atoms with E-state index < -0.39 is 37.6 Å². The Morgan fingerprint density at radius 3 is 1.65 bits per heavy atom. The number of carbonyl (C=O) groups excluding carboxylic acids is 2. The minimum Gasteiger partial charge on any atom is -0.505 e. The molecule has 0 radical (unpaired) electrons. The summed E-state index contributed by atoms with van der Waals surface area (Å²) in [5.41, 5.74) is -0.492. The highest BCUT2D eigenvalue weighted by Crippen LogP contribution is 2.36. The van der Waals surface area contributed by atoms with E-state index >= 15 is 0 Å². The first kappa shape index (κ1) is 32.1. The van der Waals surface area contributed by atoms with Crippen LogP contribution in [-0.2, 0) is 29.6 Å². The second-order valence-electron chi connectivity index (χ2n) is 9.73. The first-order valence-corrected chi connectivity index (χ1v) is 16.9. The number of hydrogen-bond acceptors (Lipinski definition) is 11. The summed E-state index contributed by atoms with van der Waals surface area (Å²) in [7, 11) is -5.36. The number of anilines is 2. The van der Waals surface area contributed by atoms with Gasteiger partial charge >= 0.3 is 0 Å². The van der Waals surface area contributed by atoms with E-state index in [2.05, 4.69) is 20.6 Å². The Labute approximate surface area is 268 Å². The van der Waals surface area contributed by atoms with E-state index in [0.717, 1.165) is 13.5 Å². The van der Waals surface area contributed by atoms with Crippen LogP contribution in [0, 0.1) is 6.92 Å². The Bertz CT molecular complexity index is 2150. The molecule has 4 N–H and O–H groups in total. The number of aromatic nitrogens is 2. The molecule has 0 saturated carbocycles. The number of carbonyl (C=O) groups is 2. The first-order valence-electron chi connectivity index (χ1n) is 13.2. The summed E-state index contributed by atoms with van der Waals surface area (Å²) in [6.45, 7) is 1.83. The molecule has 0 bridgehead atoms. The van der Waals surface area contributed by atoms with E-state index in [4.69, 9.17) is 0 Å². The number of nitrogens with one attached hydrogen (secondary N) is 2. The maximum Gasteiger partial charge on any atom is 0.278 e. The molecule has 2 aliphatic rings. The van der Waals surface area contributed by atoms with Gasteiger partial charge in [-0.05, 0) is 43.3 Å². The van der Waals surface area contributed by atoms with Crippen molar-refractivity contribution < 1.29 is 36.6 Å². The van der Waals surface area contributed by atoms with Gasteiger partial charge in [-0.3, -0.25) is 23.5 Å². The number of pyridine rings is 1. The molecule has 14 nitrogen and oxygen atoms in total. The lowest BCUT2D eigenvalue weighted by Crippen LogP contribution is -2.37. The number of fused-ring (bicyclic) bond motifs is 2. The van der Waals surface area contributed by atoms with Crippen LogP contribution in [0.5, 0.6) is 0 Å². The summed E-state index contributed by atoms with van der Waals surface area (Å²) < 4.78 is 51.6. The van der Waals surface area contributed by atoms with E-state index in [0.29, 0.717) is 5.13 Å². The summed E-state index contributed by atoms with van der Waals surface area (Å²) in [4.78, 5) is 33.6. The number of aryl methyl sites for hydroxylation is 1. The minimum atomic E-state index is -3.91. The van der Waals surface area contributed by atoms with Gasteiger partial charge in [0.15, 0.2) is 28.0 Å². The van der Waals surface area contributed by atoms with Crippen LogP contribution < -0.4 is 10.6 Å². The van der Waals surface area contributed by atoms with E-state index in [9.17, 15) is 36.6 Å². The molecule has 2 aromatic carbocycles. The van der Waals surface area contributed by atoms with Gasteiger partial charge in [-0.1, -0.05) is 30.3 Å². The number of aliphatic hydroxyl groups is 2. The summed E-state index contributed by atoms with van der Waals surface area (Å²) in [5.74, 6) is -2.03. The van der Waals surface area contributed by atoms with Gasteiger partial charge in [-0.15, -0.1) is 11.3 Å². The lowest BCUT2D eigenvalue weighted by molar-refractivity contribution is -0.114. The third-order valence-electron chi connectivity index (χ3n) is 6.82. The van der Waals surface area contributed by atoms with E-state index in [-0.39, 0.29) is 43.9 Å². The molecule has 2 aliphatic heterocycles. The van der Waals surface area contributed by atoms with Crippen LogP contribution in [0.1, 0.15) is 16.0 Å². The molecule has 0 unspecified atom stereocenters. The predicted molar refractivity (Wildman–Crippen MR) is 170 cm³/mol. The molecule has 2 amide bonds. The highest BCUT2D eigenvalue weighted by molar-refractivity contribution is 7.89. The second-order valence-corrected chi connectivity index (χ2v) is 14.8. The molecule has 238 valence electrons. The van der Waals surface area contributed by atoms with Crippen LogP contribution in [0.15, 0.2) is 100 Å². The largest absolute Gasteiger partial charge is 0.505 e. The third kappa shape index (κ3) is 5.78. The number of benzene rings is 2. The molecule has 46 heavy (non-hydrogen) atoms. The van der Waals surface area contributed by atoms with Gasteiger partial charge in [0.25, 0.3) is 31.9 Å². The number of sulfonamides is 2. The second kappa shape index (κ2) is 12.3. The van der Waals surface area contributed by atoms with Gasteiger partial charge in [0.2, 0.25) is 0 Å². The molecule has 0 atom stereocenters. The SMILES string of the molecule is CN1C(C(=O)Nc2ccccn2)=C(O)c2ccccc2S1(=O)=O.Cc1cnc(NC(=O)C2=C(O)c3ccccc3S(=O)(=O)N2C)s1. The Morgan fingerprint density at radius 2 is 1.20 bits per heavy atom. The molecule has 6 rings (SSSR count). The lowest BCUT2D eigenvalue weighted by atomic mass is 10.1. The molecule has 0 aliphatic carbocycles. The summed E-state index contributed by atoms with van der Waals surface area (Å²) in [6.07, 6.45) is 3.08. The number of hydrogen-bond donors (Lipinski definition) is 4. The molecule has 4 aromatic rings. The molecule has 17 heteroatoms. The fraction of sp³-hybridized carbons (Fsp3) is 0.103. The van der Waals surface area contributed by atoms with Gasteiger partial charge in [0.1, 0.15) is 5.82 Å². The summed E-state index contributed by atoms with van der Waals surface area (Å²) >= 11 is 1.25. The highest BCUT2D eigenvalue weighted by atomic mass is 32.2. The molecule has 4 heterocycles. The number of likely N-dealkylation sites (N-methyl/N-ethyl adjacent to an activating group) is 2.